The van der Waals surface area contributed by atoms with E-state index in [0.29, 0.717) is 10.7 Å². The number of anilines is 1. The van der Waals surface area contributed by atoms with Crippen LogP contribution in [0.4, 0.5) is 11.4 Å². The van der Waals surface area contributed by atoms with Crippen molar-refractivity contribution in [2.75, 3.05) is 5.32 Å². The highest BCUT2D eigenvalue weighted by Gasteiger charge is 2.21. The molecule has 0 radical (unpaired) electrons. The van der Waals surface area contributed by atoms with Crippen molar-refractivity contribution in [3.63, 3.8) is 0 Å². The minimum atomic E-state index is -0.639. The lowest BCUT2D eigenvalue weighted by Crippen LogP contribution is -2.15. The maximum atomic E-state index is 12.3. The summed E-state index contributed by atoms with van der Waals surface area (Å²) >= 11 is 11.8. The SMILES string of the molecule is Cc1cccc(Cl)c1NC(=O)c1cc(Cl)ccc1[N+](=O)[O-]. The average molecular weight is 325 g/mol. The largest absolute Gasteiger partial charge is 0.320 e. The number of para-hydroxylation sites is 1. The number of carbonyl (C=O) groups excluding carboxylic acids is 1. The lowest BCUT2D eigenvalue weighted by atomic mass is 10.1. The second kappa shape index (κ2) is 6.11. The normalized spacial score (nSPS) is 10.2. The van der Waals surface area contributed by atoms with Crippen LogP contribution in [0.25, 0.3) is 0 Å². The van der Waals surface area contributed by atoms with E-state index in [0.717, 1.165) is 5.56 Å². The third-order valence-corrected chi connectivity index (χ3v) is 3.41. The molecular formula is C14H10Cl2N2O3. The first-order valence-electron chi connectivity index (χ1n) is 5.90. The van der Waals surface area contributed by atoms with Gasteiger partial charge in [0.25, 0.3) is 11.6 Å². The maximum absolute atomic E-state index is 12.3. The summed E-state index contributed by atoms with van der Waals surface area (Å²) in [5.41, 5.74) is 0.729. The third-order valence-electron chi connectivity index (χ3n) is 2.86. The molecule has 1 N–H and O–H groups in total. The molecule has 21 heavy (non-hydrogen) atoms. The van der Waals surface area contributed by atoms with E-state index in [1.807, 2.05) is 0 Å². The first-order valence-corrected chi connectivity index (χ1v) is 6.66. The number of carbonyl (C=O) groups is 1. The first-order chi connectivity index (χ1) is 9.90. The van der Waals surface area contributed by atoms with Gasteiger partial charge >= 0.3 is 0 Å². The monoisotopic (exact) mass is 324 g/mol. The van der Waals surface area contributed by atoms with Gasteiger partial charge in [-0.3, -0.25) is 14.9 Å². The Hall–Kier alpha value is -2.11. The zero-order valence-electron chi connectivity index (χ0n) is 10.9. The molecule has 0 atom stereocenters. The molecule has 2 aromatic carbocycles. The summed E-state index contributed by atoms with van der Waals surface area (Å²) in [6, 6.07) is 8.94. The molecule has 0 fully saturated rings. The third kappa shape index (κ3) is 3.32. The van der Waals surface area contributed by atoms with E-state index < -0.39 is 10.8 Å². The van der Waals surface area contributed by atoms with Crippen LogP contribution in [0.5, 0.6) is 0 Å². The van der Waals surface area contributed by atoms with Gasteiger partial charge in [-0.15, -0.1) is 0 Å². The van der Waals surface area contributed by atoms with E-state index in [1.165, 1.54) is 18.2 Å². The zero-order valence-corrected chi connectivity index (χ0v) is 12.4. The highest BCUT2D eigenvalue weighted by molar-refractivity contribution is 6.34. The fourth-order valence-corrected chi connectivity index (χ4v) is 2.26. The molecule has 1 amide bonds. The number of aryl methyl sites for hydroxylation is 1. The summed E-state index contributed by atoms with van der Waals surface area (Å²) in [4.78, 5) is 22.6. The molecule has 0 spiro atoms. The van der Waals surface area contributed by atoms with Crippen molar-refractivity contribution in [3.05, 3.63) is 67.7 Å². The average Bonchev–Trinajstić information content (AvgIpc) is 2.42. The van der Waals surface area contributed by atoms with Crippen molar-refractivity contribution in [1.29, 1.82) is 0 Å². The van der Waals surface area contributed by atoms with Crippen LogP contribution in [-0.4, -0.2) is 10.8 Å². The van der Waals surface area contributed by atoms with E-state index in [1.54, 1.807) is 25.1 Å². The van der Waals surface area contributed by atoms with Gasteiger partial charge < -0.3 is 5.32 Å². The Kier molecular flexibility index (Phi) is 4.45. The van der Waals surface area contributed by atoms with E-state index in [4.69, 9.17) is 23.2 Å². The number of rotatable bonds is 3. The van der Waals surface area contributed by atoms with Gasteiger partial charge in [-0.25, -0.2) is 0 Å². The van der Waals surface area contributed by atoms with Gasteiger partial charge in [0.1, 0.15) is 5.56 Å². The van der Waals surface area contributed by atoms with Crippen molar-refractivity contribution in [1.82, 2.24) is 0 Å². The predicted octanol–water partition coefficient (Wildman–Crippen LogP) is 4.46. The number of halogens is 2. The summed E-state index contributed by atoms with van der Waals surface area (Å²) < 4.78 is 0. The number of hydrogen-bond donors (Lipinski definition) is 1. The summed E-state index contributed by atoms with van der Waals surface area (Å²) in [6.45, 7) is 1.77. The van der Waals surface area contributed by atoms with Gasteiger partial charge in [-0.2, -0.15) is 0 Å². The van der Waals surface area contributed by atoms with Crippen LogP contribution in [-0.2, 0) is 0 Å². The van der Waals surface area contributed by atoms with Crippen molar-refractivity contribution in [2.45, 2.75) is 6.92 Å². The lowest BCUT2D eigenvalue weighted by Gasteiger charge is -2.10. The summed E-state index contributed by atoms with van der Waals surface area (Å²) in [5, 5.41) is 14.2. The van der Waals surface area contributed by atoms with Crippen molar-refractivity contribution >= 4 is 40.5 Å². The Bertz CT molecular complexity index is 712. The Balaban J connectivity index is 2.41. The zero-order chi connectivity index (χ0) is 15.6. The highest BCUT2D eigenvalue weighted by atomic mass is 35.5. The molecule has 0 aliphatic rings. The van der Waals surface area contributed by atoms with E-state index >= 15 is 0 Å². The molecule has 2 rings (SSSR count). The topological polar surface area (TPSA) is 72.2 Å². The van der Waals surface area contributed by atoms with E-state index in [9.17, 15) is 14.9 Å². The van der Waals surface area contributed by atoms with Crippen molar-refractivity contribution in [2.24, 2.45) is 0 Å². The molecule has 7 heteroatoms. The molecule has 5 nitrogen and oxygen atoms in total. The second-order valence-corrected chi connectivity index (χ2v) is 5.15. The van der Waals surface area contributed by atoms with Crippen LogP contribution < -0.4 is 5.32 Å². The minimum Gasteiger partial charge on any atom is -0.320 e. The van der Waals surface area contributed by atoms with Crippen LogP contribution in [0, 0.1) is 17.0 Å². The Labute approximate surface area is 130 Å². The van der Waals surface area contributed by atoms with Crippen LogP contribution in [0.2, 0.25) is 10.0 Å². The number of nitrogens with one attached hydrogen (secondary N) is 1. The lowest BCUT2D eigenvalue weighted by molar-refractivity contribution is -0.385. The molecule has 0 aliphatic heterocycles. The summed E-state index contributed by atoms with van der Waals surface area (Å²) in [6.07, 6.45) is 0. The molecule has 0 saturated heterocycles. The Morgan fingerprint density at radius 3 is 2.57 bits per heavy atom. The minimum absolute atomic E-state index is 0.119. The standard InChI is InChI=1S/C14H10Cl2N2O3/c1-8-3-2-4-11(16)13(8)17-14(19)10-7-9(15)5-6-12(10)18(20)21/h2-7H,1H3,(H,17,19). The van der Waals surface area contributed by atoms with Gasteiger partial charge in [-0.1, -0.05) is 35.3 Å². The van der Waals surface area contributed by atoms with Crippen LogP contribution in [0.1, 0.15) is 15.9 Å². The molecule has 0 aromatic heterocycles. The molecule has 0 bridgehead atoms. The molecular weight excluding hydrogens is 315 g/mol. The number of nitrogens with zero attached hydrogens (tertiary/aromatic N) is 1. The quantitative estimate of drug-likeness (QED) is 0.669. The van der Waals surface area contributed by atoms with Gasteiger partial charge in [0.2, 0.25) is 0 Å². The van der Waals surface area contributed by atoms with Crippen LogP contribution >= 0.6 is 23.2 Å². The summed E-state index contributed by atoms with van der Waals surface area (Å²) in [5.74, 6) is -0.639. The second-order valence-electron chi connectivity index (χ2n) is 4.30. The fraction of sp³-hybridized carbons (Fsp3) is 0.0714. The number of benzene rings is 2. The maximum Gasteiger partial charge on any atom is 0.282 e. The number of nitro groups is 1. The molecule has 0 saturated carbocycles. The molecule has 2 aromatic rings. The molecule has 108 valence electrons. The van der Waals surface area contributed by atoms with Crippen molar-refractivity contribution < 1.29 is 9.72 Å². The predicted molar refractivity (Wildman–Crippen MR) is 82.2 cm³/mol. The van der Waals surface area contributed by atoms with Gasteiger partial charge in [0.05, 0.1) is 15.6 Å². The molecule has 0 heterocycles. The first kappa shape index (κ1) is 15.3. The Morgan fingerprint density at radius 2 is 1.95 bits per heavy atom. The van der Waals surface area contributed by atoms with Crippen molar-refractivity contribution in [3.8, 4) is 0 Å². The van der Waals surface area contributed by atoms with Gasteiger partial charge in [0, 0.05) is 11.1 Å². The van der Waals surface area contributed by atoms with Gasteiger partial charge in [-0.05, 0) is 30.7 Å². The van der Waals surface area contributed by atoms with E-state index in [2.05, 4.69) is 5.32 Å². The smallest absolute Gasteiger partial charge is 0.282 e. The number of amides is 1. The molecule has 0 unspecified atom stereocenters. The number of nitro benzene ring substituents is 1. The Morgan fingerprint density at radius 1 is 1.24 bits per heavy atom. The van der Waals surface area contributed by atoms with E-state index in [-0.39, 0.29) is 16.3 Å². The summed E-state index contributed by atoms with van der Waals surface area (Å²) in [7, 11) is 0. The number of hydrogen-bond acceptors (Lipinski definition) is 3. The van der Waals surface area contributed by atoms with Crippen LogP contribution in [0.15, 0.2) is 36.4 Å². The molecule has 0 aliphatic carbocycles. The fourth-order valence-electron chi connectivity index (χ4n) is 1.82. The van der Waals surface area contributed by atoms with Gasteiger partial charge in [0.15, 0.2) is 0 Å². The van der Waals surface area contributed by atoms with Crippen LogP contribution in [0.3, 0.4) is 0 Å². The highest BCUT2D eigenvalue weighted by Crippen LogP contribution is 2.28.